The Labute approximate surface area is 123 Å². The van der Waals surface area contributed by atoms with Gasteiger partial charge in [0.25, 0.3) is 0 Å². The molecular weight excluding hydrogens is 290 g/mol. The minimum Gasteiger partial charge on any atom is -0.461 e. The molecule has 2 aromatic rings. The van der Waals surface area contributed by atoms with Crippen LogP contribution in [0.5, 0.6) is 0 Å². The highest BCUT2D eigenvalue weighted by atomic mass is 32.2. The Morgan fingerprint density at radius 3 is 2.76 bits per heavy atom. The lowest BCUT2D eigenvalue weighted by Gasteiger charge is -2.31. The first-order valence-corrected chi connectivity index (χ1v) is 8.77. The van der Waals surface area contributed by atoms with Crippen molar-refractivity contribution in [3.8, 4) is 0 Å². The van der Waals surface area contributed by atoms with Gasteiger partial charge in [-0.1, -0.05) is 18.2 Å². The second-order valence-electron chi connectivity index (χ2n) is 5.88. The van der Waals surface area contributed by atoms with E-state index in [1.807, 2.05) is 24.3 Å². The van der Waals surface area contributed by atoms with Gasteiger partial charge in [-0.2, -0.15) is 0 Å². The molecule has 3 rings (SSSR count). The molecule has 21 heavy (non-hydrogen) atoms. The third kappa shape index (κ3) is 2.27. The van der Waals surface area contributed by atoms with Crippen molar-refractivity contribution in [2.45, 2.75) is 19.4 Å². The van der Waals surface area contributed by atoms with Crippen molar-refractivity contribution in [3.05, 3.63) is 35.6 Å². The Hall–Kier alpha value is -1.37. The number of benzene rings is 1. The van der Waals surface area contributed by atoms with Gasteiger partial charge in [-0.25, -0.2) is 8.42 Å². The third-order valence-electron chi connectivity index (χ3n) is 4.50. The van der Waals surface area contributed by atoms with Crippen molar-refractivity contribution in [1.82, 2.24) is 0 Å². The van der Waals surface area contributed by atoms with Crippen LogP contribution >= 0.6 is 0 Å². The quantitative estimate of drug-likeness (QED) is 0.897. The van der Waals surface area contributed by atoms with Gasteiger partial charge in [0.1, 0.15) is 11.3 Å². The summed E-state index contributed by atoms with van der Waals surface area (Å²) < 4.78 is 29.3. The highest BCUT2D eigenvalue weighted by Gasteiger charge is 2.48. The van der Waals surface area contributed by atoms with Crippen LogP contribution in [0.25, 0.3) is 11.0 Å². The number of aryl methyl sites for hydroxylation is 1. The largest absolute Gasteiger partial charge is 0.461 e. The van der Waals surface area contributed by atoms with E-state index in [1.165, 1.54) is 0 Å². The average molecular weight is 309 g/mol. The lowest BCUT2D eigenvalue weighted by atomic mass is 9.78. The molecule has 0 aliphatic carbocycles. The van der Waals surface area contributed by atoms with Crippen LogP contribution in [0, 0.1) is 12.3 Å². The summed E-state index contributed by atoms with van der Waals surface area (Å²) in [5, 5.41) is 11.7. The van der Waals surface area contributed by atoms with Gasteiger partial charge in [-0.3, -0.25) is 0 Å². The molecule has 1 saturated heterocycles. The molecule has 3 N–H and O–H groups in total. The first-order valence-electron chi connectivity index (χ1n) is 6.95. The summed E-state index contributed by atoms with van der Waals surface area (Å²) in [4.78, 5) is 0. The molecular formula is C15H19NO4S. The lowest BCUT2D eigenvalue weighted by molar-refractivity contribution is 0.0470. The molecule has 2 heterocycles. The monoisotopic (exact) mass is 309 g/mol. The summed E-state index contributed by atoms with van der Waals surface area (Å²) in [5.74, 6) is 0.619. The minimum atomic E-state index is -3.14. The maximum absolute atomic E-state index is 11.8. The molecule has 2 unspecified atom stereocenters. The summed E-state index contributed by atoms with van der Waals surface area (Å²) in [6, 6.07) is 7.44. The SMILES string of the molecule is Cc1oc2ccccc2c1C(O)C1(CN)CCS(=O)(=O)C1. The fraction of sp³-hybridized carbons (Fsp3) is 0.467. The Balaban J connectivity index is 2.12. The molecule has 0 radical (unpaired) electrons. The van der Waals surface area contributed by atoms with E-state index in [9.17, 15) is 13.5 Å². The summed E-state index contributed by atoms with van der Waals surface area (Å²) in [7, 11) is -3.14. The zero-order valence-electron chi connectivity index (χ0n) is 11.9. The number of aliphatic hydroxyl groups is 1. The third-order valence-corrected chi connectivity index (χ3v) is 6.34. The Morgan fingerprint density at radius 2 is 2.14 bits per heavy atom. The average Bonchev–Trinajstić information content (AvgIpc) is 2.94. The molecule has 114 valence electrons. The highest BCUT2D eigenvalue weighted by molar-refractivity contribution is 7.91. The van der Waals surface area contributed by atoms with E-state index in [0.717, 1.165) is 5.39 Å². The second kappa shape index (κ2) is 4.83. The molecule has 0 saturated carbocycles. The number of fused-ring (bicyclic) bond motifs is 1. The van der Waals surface area contributed by atoms with Crippen LogP contribution in [0.3, 0.4) is 0 Å². The van der Waals surface area contributed by atoms with E-state index in [2.05, 4.69) is 0 Å². The number of rotatable bonds is 3. The van der Waals surface area contributed by atoms with E-state index in [4.69, 9.17) is 10.2 Å². The van der Waals surface area contributed by atoms with E-state index >= 15 is 0 Å². The van der Waals surface area contributed by atoms with Crippen molar-refractivity contribution in [1.29, 1.82) is 0 Å². The Morgan fingerprint density at radius 1 is 1.43 bits per heavy atom. The molecule has 6 heteroatoms. The number of nitrogens with two attached hydrogens (primary N) is 1. The molecule has 0 spiro atoms. The minimum absolute atomic E-state index is 0.0728. The van der Waals surface area contributed by atoms with E-state index in [0.29, 0.717) is 23.3 Å². The Kier molecular flexibility index (Phi) is 3.35. The van der Waals surface area contributed by atoms with Gasteiger partial charge in [0.2, 0.25) is 0 Å². The molecule has 1 aliphatic rings. The van der Waals surface area contributed by atoms with Gasteiger partial charge >= 0.3 is 0 Å². The molecule has 0 bridgehead atoms. The number of sulfone groups is 1. The smallest absolute Gasteiger partial charge is 0.151 e. The van der Waals surface area contributed by atoms with Gasteiger partial charge in [0, 0.05) is 22.9 Å². The number of para-hydroxylation sites is 1. The first-order chi connectivity index (χ1) is 9.88. The number of aliphatic hydroxyl groups excluding tert-OH is 1. The van der Waals surface area contributed by atoms with Gasteiger partial charge in [-0.15, -0.1) is 0 Å². The van der Waals surface area contributed by atoms with E-state index in [-0.39, 0.29) is 18.1 Å². The zero-order chi connectivity index (χ0) is 15.3. The second-order valence-corrected chi connectivity index (χ2v) is 8.06. The van der Waals surface area contributed by atoms with Crippen LogP contribution in [0.1, 0.15) is 23.8 Å². The Bertz CT molecular complexity index is 780. The van der Waals surface area contributed by atoms with E-state index < -0.39 is 21.4 Å². The molecule has 1 aliphatic heterocycles. The van der Waals surface area contributed by atoms with Crippen molar-refractivity contribution in [3.63, 3.8) is 0 Å². The summed E-state index contributed by atoms with van der Waals surface area (Å²) >= 11 is 0. The van der Waals surface area contributed by atoms with Gasteiger partial charge in [-0.05, 0) is 19.4 Å². The van der Waals surface area contributed by atoms with E-state index in [1.54, 1.807) is 6.92 Å². The topological polar surface area (TPSA) is 93.5 Å². The lowest BCUT2D eigenvalue weighted by Crippen LogP contribution is -2.38. The number of hydrogen-bond donors (Lipinski definition) is 2. The van der Waals surface area contributed by atoms with Crippen molar-refractivity contribution >= 4 is 20.8 Å². The maximum Gasteiger partial charge on any atom is 0.151 e. The van der Waals surface area contributed by atoms with Gasteiger partial charge < -0.3 is 15.3 Å². The zero-order valence-corrected chi connectivity index (χ0v) is 12.7. The summed E-state index contributed by atoms with van der Waals surface area (Å²) in [6.07, 6.45) is -0.560. The van der Waals surface area contributed by atoms with Crippen LogP contribution < -0.4 is 5.73 Å². The molecule has 1 fully saturated rings. The normalized spacial score (nSPS) is 26.2. The van der Waals surface area contributed by atoms with Crippen LogP contribution in [0.15, 0.2) is 28.7 Å². The van der Waals surface area contributed by atoms with Crippen molar-refractivity contribution < 1.29 is 17.9 Å². The summed E-state index contributed by atoms with van der Waals surface area (Å²) in [5.41, 5.74) is 6.36. The van der Waals surface area contributed by atoms with Gasteiger partial charge in [0.05, 0.1) is 17.6 Å². The standard InChI is InChI=1S/C15H19NO4S/c1-10-13(11-4-2-3-5-12(11)20-10)14(17)15(8-16)6-7-21(18,19)9-15/h2-5,14,17H,6-9,16H2,1H3. The molecule has 5 nitrogen and oxygen atoms in total. The fourth-order valence-corrected chi connectivity index (χ4v) is 5.42. The molecule has 2 atom stereocenters. The molecule has 0 amide bonds. The van der Waals surface area contributed by atoms with Crippen molar-refractivity contribution in [2.24, 2.45) is 11.1 Å². The van der Waals surface area contributed by atoms with Crippen molar-refractivity contribution in [2.75, 3.05) is 18.1 Å². The van der Waals surface area contributed by atoms with Crippen LogP contribution in [-0.2, 0) is 9.84 Å². The van der Waals surface area contributed by atoms with Crippen LogP contribution in [0.2, 0.25) is 0 Å². The highest BCUT2D eigenvalue weighted by Crippen LogP contribution is 2.45. The maximum atomic E-state index is 11.8. The number of hydrogen-bond acceptors (Lipinski definition) is 5. The molecule has 1 aromatic carbocycles. The first kappa shape index (κ1) is 14.6. The predicted molar refractivity (Wildman–Crippen MR) is 80.7 cm³/mol. The number of furan rings is 1. The summed E-state index contributed by atoms with van der Waals surface area (Å²) in [6.45, 7) is 1.92. The van der Waals surface area contributed by atoms with Crippen LogP contribution in [0.4, 0.5) is 0 Å². The fourth-order valence-electron chi connectivity index (χ4n) is 3.26. The van der Waals surface area contributed by atoms with Crippen LogP contribution in [-0.4, -0.2) is 31.6 Å². The predicted octanol–water partition coefficient (Wildman–Crippen LogP) is 1.54. The van der Waals surface area contributed by atoms with Gasteiger partial charge in [0.15, 0.2) is 9.84 Å². The molecule has 1 aromatic heterocycles.